The second kappa shape index (κ2) is 16.4. The highest BCUT2D eigenvalue weighted by atomic mass is 35.5. The molecule has 0 unspecified atom stereocenters. The van der Waals surface area contributed by atoms with E-state index in [0.29, 0.717) is 82.7 Å². The number of phenols is 1. The Hall–Kier alpha value is -4.24. The van der Waals surface area contributed by atoms with Crippen LogP contribution in [0.5, 0.6) is 5.75 Å². The number of nitrogens with one attached hydrogen (secondary N) is 1. The summed E-state index contributed by atoms with van der Waals surface area (Å²) in [5.74, 6) is -1.78. The van der Waals surface area contributed by atoms with Crippen molar-refractivity contribution in [1.82, 2.24) is 19.6 Å². The molecule has 4 aliphatic rings. The molecule has 0 saturated carbocycles. The molecule has 1 atom stereocenters. The molecule has 0 aromatic heterocycles. The number of aliphatic carboxylic acids is 1. The van der Waals surface area contributed by atoms with Crippen molar-refractivity contribution in [3.63, 3.8) is 0 Å². The zero-order chi connectivity index (χ0) is 37.9. The van der Waals surface area contributed by atoms with Gasteiger partial charge >= 0.3 is 24.3 Å². The van der Waals surface area contributed by atoms with E-state index >= 15 is 0 Å². The van der Waals surface area contributed by atoms with Crippen LogP contribution in [0, 0.1) is 11.8 Å². The maximum absolute atomic E-state index is 14.0. The van der Waals surface area contributed by atoms with Crippen LogP contribution in [-0.2, 0) is 33.3 Å². The van der Waals surface area contributed by atoms with E-state index in [1.54, 1.807) is 9.80 Å². The van der Waals surface area contributed by atoms with Gasteiger partial charge in [-0.2, -0.15) is 13.2 Å². The molecule has 2 aromatic carbocycles. The minimum Gasteiger partial charge on any atom is -0.506 e. The molecule has 2 aromatic rings. The zero-order valence-electron chi connectivity index (χ0n) is 29.3. The van der Waals surface area contributed by atoms with E-state index in [4.69, 9.17) is 21.4 Å². The fraction of sp³-hybridized carbons (Fsp3) is 0.568. The standard InChI is InChI=1S/C37H45ClF3N5O7/c38-29-20-23(19-28(33(29)49)37(39,40)41)21-31(34(50)44-14-7-25(8-15-44)24-5-12-43(13-6-24)22-32(47)48)53-36(52)45-16-10-27(11-17-45)46-18-9-26-3-1-2-4-30(26)42-35(46)51/h1-4,19-20,24-25,27,31,49H,5-18,21-22H2,(H,42,51)(H,47,48)/t31-/m1/s1. The number of likely N-dealkylation sites (tertiary alicyclic amines) is 3. The van der Waals surface area contributed by atoms with E-state index in [9.17, 15) is 37.5 Å². The number of carbonyl (C=O) groups is 4. The fourth-order valence-electron chi connectivity index (χ4n) is 8.25. The van der Waals surface area contributed by atoms with Crippen molar-refractivity contribution < 1.29 is 47.3 Å². The van der Waals surface area contributed by atoms with E-state index < -0.39 is 46.6 Å². The molecular weight excluding hydrogens is 719 g/mol. The van der Waals surface area contributed by atoms with Gasteiger partial charge in [0, 0.05) is 50.9 Å². The third kappa shape index (κ3) is 9.29. The number of carboxylic acids is 1. The van der Waals surface area contributed by atoms with Crippen molar-refractivity contribution in [2.45, 2.75) is 69.7 Å². The van der Waals surface area contributed by atoms with Crippen LogP contribution in [0.3, 0.4) is 0 Å². The molecule has 0 radical (unpaired) electrons. The molecular formula is C37H45ClF3N5O7. The molecule has 3 fully saturated rings. The molecule has 3 saturated heterocycles. The number of urea groups is 1. The van der Waals surface area contributed by atoms with Crippen LogP contribution < -0.4 is 5.32 Å². The maximum Gasteiger partial charge on any atom is 0.420 e. The molecule has 0 spiro atoms. The highest BCUT2D eigenvalue weighted by molar-refractivity contribution is 6.32. The third-order valence-electron chi connectivity index (χ3n) is 11.2. The number of piperidine rings is 3. The van der Waals surface area contributed by atoms with Crippen molar-refractivity contribution in [3.8, 4) is 5.75 Å². The normalized spacial score (nSPS) is 20.4. The van der Waals surface area contributed by atoms with E-state index in [-0.39, 0.29) is 43.7 Å². The van der Waals surface area contributed by atoms with Gasteiger partial charge in [0.05, 0.1) is 17.1 Å². The Kier molecular flexibility index (Phi) is 11.9. The first kappa shape index (κ1) is 38.5. The fourth-order valence-corrected chi connectivity index (χ4v) is 8.49. The second-order valence-corrected chi connectivity index (χ2v) is 14.9. The van der Waals surface area contributed by atoms with Gasteiger partial charge < -0.3 is 35.0 Å². The number of benzene rings is 2. The summed E-state index contributed by atoms with van der Waals surface area (Å²) in [7, 11) is 0. The molecule has 3 N–H and O–H groups in total. The molecule has 4 heterocycles. The third-order valence-corrected chi connectivity index (χ3v) is 11.5. The van der Waals surface area contributed by atoms with Crippen LogP contribution in [0.15, 0.2) is 36.4 Å². The lowest BCUT2D eigenvalue weighted by Gasteiger charge is -2.41. The van der Waals surface area contributed by atoms with Crippen LogP contribution in [0.1, 0.15) is 55.2 Å². The van der Waals surface area contributed by atoms with E-state index in [2.05, 4.69) is 5.32 Å². The Bertz CT molecular complexity index is 1670. The van der Waals surface area contributed by atoms with Crippen molar-refractivity contribution >= 4 is 41.3 Å². The van der Waals surface area contributed by atoms with E-state index in [1.807, 2.05) is 29.2 Å². The summed E-state index contributed by atoms with van der Waals surface area (Å²) in [5.41, 5.74) is 0.438. The summed E-state index contributed by atoms with van der Waals surface area (Å²) < 4.78 is 47.1. The summed E-state index contributed by atoms with van der Waals surface area (Å²) >= 11 is 5.99. The number of alkyl halides is 3. The summed E-state index contributed by atoms with van der Waals surface area (Å²) in [6.07, 6.45) is -2.78. The Morgan fingerprint density at radius 3 is 2.17 bits per heavy atom. The van der Waals surface area contributed by atoms with E-state index in [0.717, 1.165) is 30.2 Å². The van der Waals surface area contributed by atoms with Gasteiger partial charge in [0.15, 0.2) is 6.10 Å². The molecule has 12 nitrogen and oxygen atoms in total. The maximum atomic E-state index is 14.0. The topological polar surface area (TPSA) is 143 Å². The van der Waals surface area contributed by atoms with Gasteiger partial charge in [0.2, 0.25) is 0 Å². The van der Waals surface area contributed by atoms with Gasteiger partial charge in [-0.15, -0.1) is 0 Å². The predicted octanol–water partition coefficient (Wildman–Crippen LogP) is 5.70. The Morgan fingerprint density at radius 2 is 1.53 bits per heavy atom. The lowest BCUT2D eigenvalue weighted by atomic mass is 9.78. The Balaban J connectivity index is 1.10. The number of carboxylic acid groups (broad SMARTS) is 1. The largest absolute Gasteiger partial charge is 0.506 e. The lowest BCUT2D eigenvalue weighted by molar-refractivity contribution is -0.142. The number of ether oxygens (including phenoxy) is 1. The highest BCUT2D eigenvalue weighted by Gasteiger charge is 2.39. The number of hydrogen-bond acceptors (Lipinski definition) is 7. The van der Waals surface area contributed by atoms with Crippen LogP contribution in [0.4, 0.5) is 28.4 Å². The van der Waals surface area contributed by atoms with E-state index in [1.165, 1.54) is 4.90 Å². The molecule has 0 aliphatic carbocycles. The minimum absolute atomic E-state index is 0.0132. The second-order valence-electron chi connectivity index (χ2n) is 14.5. The first-order chi connectivity index (χ1) is 25.3. The number of anilines is 1. The smallest absolute Gasteiger partial charge is 0.420 e. The van der Waals surface area contributed by atoms with Gasteiger partial charge in [0.25, 0.3) is 5.91 Å². The minimum atomic E-state index is -4.91. The molecule has 53 heavy (non-hydrogen) atoms. The highest BCUT2D eigenvalue weighted by Crippen LogP contribution is 2.41. The van der Waals surface area contributed by atoms with Crippen LogP contribution in [0.25, 0.3) is 0 Å². The monoisotopic (exact) mass is 763 g/mol. The van der Waals surface area contributed by atoms with Gasteiger partial charge in [-0.3, -0.25) is 14.5 Å². The quantitative estimate of drug-likeness (QED) is 0.311. The van der Waals surface area contributed by atoms with Crippen LogP contribution >= 0.6 is 11.6 Å². The number of phenolic OH excluding ortho intramolecular Hbond substituents is 1. The first-order valence-electron chi connectivity index (χ1n) is 18.2. The van der Waals surface area contributed by atoms with Gasteiger partial charge in [-0.05, 0) is 99.2 Å². The summed E-state index contributed by atoms with van der Waals surface area (Å²) in [5, 5.41) is 21.6. The number of para-hydroxylation sites is 1. The zero-order valence-corrected chi connectivity index (χ0v) is 30.1. The molecule has 4 aliphatic heterocycles. The average molecular weight is 764 g/mol. The van der Waals surface area contributed by atoms with Crippen molar-refractivity contribution in [2.75, 3.05) is 57.7 Å². The summed E-state index contributed by atoms with van der Waals surface area (Å²) in [4.78, 5) is 58.5. The Labute approximate surface area is 310 Å². The van der Waals surface area contributed by atoms with Crippen LogP contribution in [0.2, 0.25) is 5.02 Å². The summed E-state index contributed by atoms with van der Waals surface area (Å²) in [6.45, 7) is 3.18. The number of rotatable bonds is 8. The van der Waals surface area contributed by atoms with Crippen molar-refractivity contribution in [3.05, 3.63) is 58.1 Å². The number of halogens is 4. The summed E-state index contributed by atoms with van der Waals surface area (Å²) in [6, 6.07) is 9.14. The number of carbonyl (C=O) groups excluding carboxylic acids is 3. The Morgan fingerprint density at radius 1 is 0.906 bits per heavy atom. The number of amides is 4. The molecule has 16 heteroatoms. The van der Waals surface area contributed by atoms with Gasteiger partial charge in [-0.1, -0.05) is 29.8 Å². The number of aromatic hydroxyl groups is 1. The van der Waals surface area contributed by atoms with Crippen molar-refractivity contribution in [2.24, 2.45) is 11.8 Å². The number of hydrogen-bond donors (Lipinski definition) is 3. The number of fused-ring (bicyclic) bond motifs is 1. The van der Waals surface area contributed by atoms with Crippen molar-refractivity contribution in [1.29, 1.82) is 0 Å². The van der Waals surface area contributed by atoms with Crippen LogP contribution in [-0.4, -0.2) is 118 Å². The van der Waals surface area contributed by atoms with Gasteiger partial charge in [0.1, 0.15) is 5.75 Å². The average Bonchev–Trinajstić information content (AvgIpc) is 3.30. The lowest BCUT2D eigenvalue weighted by Crippen LogP contribution is -2.52. The van der Waals surface area contributed by atoms with Gasteiger partial charge in [-0.25, -0.2) is 9.59 Å². The number of nitrogens with zero attached hydrogens (tertiary/aromatic N) is 4. The predicted molar refractivity (Wildman–Crippen MR) is 189 cm³/mol. The molecule has 288 valence electrons. The SMILES string of the molecule is O=C(O)CN1CCC(C2CCN(C(=O)[C@@H](Cc3cc(Cl)c(O)c(C(F)(F)F)c3)OC(=O)N3CCC(N4CCc5ccccc5NC4=O)CC3)CC2)CC1. The molecule has 4 amide bonds. The first-order valence-corrected chi connectivity index (χ1v) is 18.6. The molecule has 0 bridgehead atoms. The molecule has 6 rings (SSSR count).